The molecule has 28 heavy (non-hydrogen) atoms. The molecular weight excluding hydrogens is 378 g/mol. The molecule has 0 aliphatic heterocycles. The summed E-state index contributed by atoms with van der Waals surface area (Å²) in [7, 11) is 0. The Labute approximate surface area is 167 Å². The number of aromatic nitrogens is 2. The van der Waals surface area contributed by atoms with Gasteiger partial charge in [0.05, 0.1) is 12.1 Å². The second-order valence-electron chi connectivity index (χ2n) is 6.51. The summed E-state index contributed by atoms with van der Waals surface area (Å²) in [5, 5.41) is 19.9. The van der Waals surface area contributed by atoms with Gasteiger partial charge in [-0.3, -0.25) is 9.89 Å². The molecule has 3 aromatic rings. The number of aryl methyl sites for hydroxylation is 1. The normalized spacial score (nSPS) is 11.8. The molecular formula is C21H20ClN3O3. The van der Waals surface area contributed by atoms with E-state index in [1.165, 1.54) is 0 Å². The number of rotatable bonds is 7. The van der Waals surface area contributed by atoms with Crippen LogP contribution in [0.4, 0.5) is 0 Å². The maximum absolute atomic E-state index is 12.6. The lowest BCUT2D eigenvalue weighted by molar-refractivity contribution is -0.141. The van der Waals surface area contributed by atoms with Crippen LogP contribution in [0, 0.1) is 6.92 Å². The third-order valence-electron chi connectivity index (χ3n) is 4.44. The summed E-state index contributed by atoms with van der Waals surface area (Å²) < 4.78 is 0. The molecule has 0 bridgehead atoms. The molecule has 144 valence electrons. The zero-order valence-corrected chi connectivity index (χ0v) is 16.0. The zero-order valence-electron chi connectivity index (χ0n) is 15.3. The van der Waals surface area contributed by atoms with Crippen LogP contribution in [0.1, 0.15) is 16.8 Å². The van der Waals surface area contributed by atoms with E-state index in [2.05, 4.69) is 15.5 Å². The van der Waals surface area contributed by atoms with Crippen molar-refractivity contribution < 1.29 is 14.7 Å². The van der Waals surface area contributed by atoms with Crippen LogP contribution in [0.5, 0.6) is 0 Å². The Morgan fingerprint density at radius 3 is 2.46 bits per heavy atom. The van der Waals surface area contributed by atoms with Gasteiger partial charge in [-0.05, 0) is 24.6 Å². The summed E-state index contributed by atoms with van der Waals surface area (Å²) in [6.07, 6.45) is 0.245. The Kier molecular flexibility index (Phi) is 6.11. The van der Waals surface area contributed by atoms with Gasteiger partial charge < -0.3 is 10.4 Å². The first-order valence-electron chi connectivity index (χ1n) is 8.80. The average molecular weight is 398 g/mol. The fourth-order valence-corrected chi connectivity index (χ4v) is 3.10. The zero-order chi connectivity index (χ0) is 20.1. The fraction of sp³-hybridized carbons (Fsp3) is 0.190. The van der Waals surface area contributed by atoms with Gasteiger partial charge >= 0.3 is 5.97 Å². The number of benzene rings is 2. The minimum absolute atomic E-state index is 0.0266. The van der Waals surface area contributed by atoms with Crippen LogP contribution >= 0.6 is 11.6 Å². The lowest BCUT2D eigenvalue weighted by Gasteiger charge is -2.15. The monoisotopic (exact) mass is 397 g/mol. The van der Waals surface area contributed by atoms with Gasteiger partial charge in [-0.1, -0.05) is 54.1 Å². The van der Waals surface area contributed by atoms with E-state index in [-0.39, 0.29) is 18.7 Å². The van der Waals surface area contributed by atoms with E-state index in [0.717, 1.165) is 22.4 Å². The maximum Gasteiger partial charge on any atom is 0.326 e. The lowest BCUT2D eigenvalue weighted by Crippen LogP contribution is -2.43. The molecule has 0 saturated heterocycles. The van der Waals surface area contributed by atoms with Gasteiger partial charge in [0, 0.05) is 28.3 Å². The maximum atomic E-state index is 12.6. The SMILES string of the molecule is Cc1[nH]nc(-c2ccc(Cl)cc2)c1CC(=O)N[C@H](Cc1ccccc1)C(=O)O. The first-order valence-corrected chi connectivity index (χ1v) is 9.17. The van der Waals surface area contributed by atoms with Crippen LogP contribution in [0.25, 0.3) is 11.3 Å². The molecule has 0 radical (unpaired) electrons. The number of hydrogen-bond donors (Lipinski definition) is 3. The van der Waals surface area contributed by atoms with E-state index in [0.29, 0.717) is 10.7 Å². The summed E-state index contributed by atoms with van der Waals surface area (Å²) in [6, 6.07) is 15.4. The lowest BCUT2D eigenvalue weighted by atomic mass is 10.0. The number of halogens is 1. The van der Waals surface area contributed by atoms with Crippen molar-refractivity contribution in [3.05, 3.63) is 76.4 Å². The molecule has 1 aromatic heterocycles. The third-order valence-corrected chi connectivity index (χ3v) is 4.70. The molecule has 3 N–H and O–H groups in total. The highest BCUT2D eigenvalue weighted by Gasteiger charge is 2.22. The van der Waals surface area contributed by atoms with Crippen molar-refractivity contribution in [3.63, 3.8) is 0 Å². The summed E-state index contributed by atoms with van der Waals surface area (Å²) in [4.78, 5) is 24.2. The Hall–Kier alpha value is -3.12. The number of hydrogen-bond acceptors (Lipinski definition) is 3. The van der Waals surface area contributed by atoms with Crippen LogP contribution < -0.4 is 5.32 Å². The van der Waals surface area contributed by atoms with Crippen LogP contribution in [0.3, 0.4) is 0 Å². The number of nitrogens with one attached hydrogen (secondary N) is 2. The van der Waals surface area contributed by atoms with Gasteiger partial charge in [-0.15, -0.1) is 0 Å². The second kappa shape index (κ2) is 8.71. The molecule has 0 fully saturated rings. The number of carboxylic acids is 1. The van der Waals surface area contributed by atoms with Crippen LogP contribution in [-0.4, -0.2) is 33.2 Å². The molecule has 2 aromatic carbocycles. The smallest absolute Gasteiger partial charge is 0.326 e. The van der Waals surface area contributed by atoms with Crippen molar-refractivity contribution in [2.24, 2.45) is 0 Å². The van der Waals surface area contributed by atoms with Crippen molar-refractivity contribution in [2.45, 2.75) is 25.8 Å². The number of carbonyl (C=O) groups is 2. The largest absolute Gasteiger partial charge is 0.480 e. The summed E-state index contributed by atoms with van der Waals surface area (Å²) in [5.41, 5.74) is 3.81. The summed E-state index contributed by atoms with van der Waals surface area (Å²) in [5.74, 6) is -1.44. The second-order valence-corrected chi connectivity index (χ2v) is 6.94. The molecule has 0 aliphatic carbocycles. The van der Waals surface area contributed by atoms with E-state index >= 15 is 0 Å². The predicted octanol–water partition coefficient (Wildman–Crippen LogP) is 3.39. The predicted molar refractivity (Wildman–Crippen MR) is 107 cm³/mol. The molecule has 1 heterocycles. The topological polar surface area (TPSA) is 95.1 Å². The van der Waals surface area contributed by atoms with Gasteiger partial charge in [0.25, 0.3) is 0 Å². The van der Waals surface area contributed by atoms with E-state index in [4.69, 9.17) is 11.6 Å². The highest BCUT2D eigenvalue weighted by molar-refractivity contribution is 6.30. The van der Waals surface area contributed by atoms with Gasteiger partial charge in [0.1, 0.15) is 6.04 Å². The Morgan fingerprint density at radius 1 is 1.14 bits per heavy atom. The van der Waals surface area contributed by atoms with Crippen LogP contribution in [0.15, 0.2) is 54.6 Å². The minimum atomic E-state index is -1.07. The quantitative estimate of drug-likeness (QED) is 0.569. The Balaban J connectivity index is 1.74. The Morgan fingerprint density at radius 2 is 1.82 bits per heavy atom. The third kappa shape index (κ3) is 4.78. The standard InChI is InChI=1S/C21H20ClN3O3/c1-13-17(20(25-24-13)15-7-9-16(22)10-8-15)12-19(26)23-18(21(27)28)11-14-5-3-2-4-6-14/h2-10,18H,11-12H2,1H3,(H,23,26)(H,24,25)(H,27,28)/t18-/m1/s1. The van der Waals surface area contributed by atoms with Crippen molar-refractivity contribution in [1.82, 2.24) is 15.5 Å². The molecule has 0 unspecified atom stereocenters. The highest BCUT2D eigenvalue weighted by atomic mass is 35.5. The number of aromatic amines is 1. The van der Waals surface area contributed by atoms with Gasteiger partial charge in [0.15, 0.2) is 0 Å². The number of carboxylic acid groups (broad SMARTS) is 1. The molecule has 7 heteroatoms. The van der Waals surface area contributed by atoms with E-state index < -0.39 is 12.0 Å². The number of nitrogens with zero attached hydrogens (tertiary/aromatic N) is 1. The molecule has 0 aliphatic rings. The van der Waals surface area contributed by atoms with E-state index in [1.54, 1.807) is 12.1 Å². The first-order chi connectivity index (χ1) is 13.4. The van der Waals surface area contributed by atoms with Crippen molar-refractivity contribution >= 4 is 23.5 Å². The number of aliphatic carboxylic acids is 1. The minimum Gasteiger partial charge on any atom is -0.480 e. The van der Waals surface area contributed by atoms with E-state index in [1.807, 2.05) is 49.4 Å². The molecule has 3 rings (SSSR count). The van der Waals surface area contributed by atoms with Crippen LogP contribution in [0.2, 0.25) is 5.02 Å². The van der Waals surface area contributed by atoms with E-state index in [9.17, 15) is 14.7 Å². The molecule has 1 amide bonds. The average Bonchev–Trinajstić information content (AvgIpc) is 3.03. The fourth-order valence-electron chi connectivity index (χ4n) is 2.97. The van der Waals surface area contributed by atoms with Crippen molar-refractivity contribution in [3.8, 4) is 11.3 Å². The van der Waals surface area contributed by atoms with Gasteiger partial charge in [-0.2, -0.15) is 5.10 Å². The first kappa shape index (κ1) is 19.6. The molecule has 0 spiro atoms. The van der Waals surface area contributed by atoms with Crippen molar-refractivity contribution in [2.75, 3.05) is 0 Å². The van der Waals surface area contributed by atoms with Crippen molar-refractivity contribution in [1.29, 1.82) is 0 Å². The Bertz CT molecular complexity index is 968. The van der Waals surface area contributed by atoms with Crippen LogP contribution in [-0.2, 0) is 22.4 Å². The molecule has 6 nitrogen and oxygen atoms in total. The van der Waals surface area contributed by atoms with Gasteiger partial charge in [-0.25, -0.2) is 4.79 Å². The molecule has 1 atom stereocenters. The summed E-state index contributed by atoms with van der Waals surface area (Å²) in [6.45, 7) is 1.83. The number of carbonyl (C=O) groups excluding carboxylic acids is 1. The number of amides is 1. The molecule has 0 saturated carbocycles. The summed E-state index contributed by atoms with van der Waals surface area (Å²) >= 11 is 5.93. The van der Waals surface area contributed by atoms with Gasteiger partial charge in [0.2, 0.25) is 5.91 Å². The number of H-pyrrole nitrogens is 1. The highest BCUT2D eigenvalue weighted by Crippen LogP contribution is 2.25.